The van der Waals surface area contributed by atoms with Crippen molar-refractivity contribution in [3.8, 4) is 5.75 Å². The SMILES string of the molecule is C[C@@H](CCc1ccccc1)N(Cc1ccccn1)C(=O)c1ccc2c(c1)CCO2. The van der Waals surface area contributed by atoms with Crippen LogP contribution in [-0.2, 0) is 19.4 Å². The Morgan fingerprint density at radius 2 is 1.93 bits per heavy atom. The van der Waals surface area contributed by atoms with Gasteiger partial charge in [0.1, 0.15) is 5.75 Å². The number of ether oxygens (including phenoxy) is 1. The Morgan fingerprint density at radius 1 is 1.10 bits per heavy atom. The standard InChI is InChI=1S/C25H26N2O2/c1-19(10-11-20-7-3-2-4-8-20)27(18-23-9-5-6-15-26-23)25(28)22-12-13-24-21(17-22)14-16-29-24/h2-9,12-13,15,17,19H,10-11,14,16,18H2,1H3/t19-/m0/s1. The summed E-state index contributed by atoms with van der Waals surface area (Å²) in [6, 6.07) is 22.1. The molecule has 1 aliphatic heterocycles. The van der Waals surface area contributed by atoms with Crippen molar-refractivity contribution >= 4 is 5.91 Å². The predicted octanol–water partition coefficient (Wildman–Crippen LogP) is 4.68. The van der Waals surface area contributed by atoms with Crippen LogP contribution < -0.4 is 4.74 Å². The molecule has 4 nitrogen and oxygen atoms in total. The molecule has 148 valence electrons. The zero-order valence-electron chi connectivity index (χ0n) is 16.8. The van der Waals surface area contributed by atoms with E-state index >= 15 is 0 Å². The van der Waals surface area contributed by atoms with Gasteiger partial charge < -0.3 is 9.64 Å². The van der Waals surface area contributed by atoms with E-state index in [0.717, 1.165) is 41.8 Å². The Kier molecular flexibility index (Phi) is 5.89. The highest BCUT2D eigenvalue weighted by molar-refractivity contribution is 5.94. The summed E-state index contributed by atoms with van der Waals surface area (Å²) in [5, 5.41) is 0. The first-order chi connectivity index (χ1) is 14.2. The minimum Gasteiger partial charge on any atom is -0.493 e. The number of hydrogen-bond acceptors (Lipinski definition) is 3. The van der Waals surface area contributed by atoms with E-state index < -0.39 is 0 Å². The van der Waals surface area contributed by atoms with E-state index in [4.69, 9.17) is 4.74 Å². The lowest BCUT2D eigenvalue weighted by molar-refractivity contribution is 0.0664. The maximum Gasteiger partial charge on any atom is 0.254 e. The highest BCUT2D eigenvalue weighted by atomic mass is 16.5. The molecule has 1 aromatic heterocycles. The van der Waals surface area contributed by atoms with E-state index in [1.54, 1.807) is 6.20 Å². The molecule has 0 saturated carbocycles. The van der Waals surface area contributed by atoms with E-state index in [1.165, 1.54) is 5.56 Å². The fourth-order valence-corrected chi connectivity index (χ4v) is 3.76. The molecule has 0 spiro atoms. The van der Waals surface area contributed by atoms with Crippen molar-refractivity contribution in [1.29, 1.82) is 0 Å². The van der Waals surface area contributed by atoms with Crippen LogP contribution in [0.3, 0.4) is 0 Å². The van der Waals surface area contributed by atoms with Crippen molar-refractivity contribution < 1.29 is 9.53 Å². The van der Waals surface area contributed by atoms with Gasteiger partial charge in [0, 0.05) is 24.2 Å². The van der Waals surface area contributed by atoms with Gasteiger partial charge >= 0.3 is 0 Å². The summed E-state index contributed by atoms with van der Waals surface area (Å²) in [5.41, 5.74) is 4.03. The molecule has 0 radical (unpaired) electrons. The van der Waals surface area contributed by atoms with Gasteiger partial charge in [-0.25, -0.2) is 0 Å². The number of carbonyl (C=O) groups is 1. The molecule has 3 aromatic rings. The Balaban J connectivity index is 1.54. The average Bonchev–Trinajstić information content (AvgIpc) is 3.25. The first kappa shape index (κ1) is 19.2. The number of amides is 1. The maximum atomic E-state index is 13.5. The van der Waals surface area contributed by atoms with Crippen molar-refractivity contribution in [3.05, 3.63) is 95.3 Å². The lowest BCUT2D eigenvalue weighted by Crippen LogP contribution is -2.38. The summed E-state index contributed by atoms with van der Waals surface area (Å²) in [6.45, 7) is 3.32. The summed E-state index contributed by atoms with van der Waals surface area (Å²) in [5.74, 6) is 0.945. The summed E-state index contributed by atoms with van der Waals surface area (Å²) in [7, 11) is 0. The second-order valence-electron chi connectivity index (χ2n) is 7.55. The molecule has 1 amide bonds. The number of benzene rings is 2. The second kappa shape index (κ2) is 8.91. The lowest BCUT2D eigenvalue weighted by atomic mass is 10.0. The fourth-order valence-electron chi connectivity index (χ4n) is 3.76. The van der Waals surface area contributed by atoms with Crippen molar-refractivity contribution in [3.63, 3.8) is 0 Å². The van der Waals surface area contributed by atoms with Crippen LogP contribution in [0, 0.1) is 0 Å². The zero-order valence-corrected chi connectivity index (χ0v) is 16.8. The second-order valence-corrected chi connectivity index (χ2v) is 7.55. The molecular weight excluding hydrogens is 360 g/mol. The number of carbonyl (C=O) groups excluding carboxylic acids is 1. The van der Waals surface area contributed by atoms with Crippen molar-refractivity contribution in [1.82, 2.24) is 9.88 Å². The molecule has 4 rings (SSSR count). The summed E-state index contributed by atoms with van der Waals surface area (Å²) in [4.78, 5) is 19.8. The normalized spacial score (nSPS) is 13.4. The Labute approximate surface area is 172 Å². The third-order valence-corrected chi connectivity index (χ3v) is 5.48. The van der Waals surface area contributed by atoms with E-state index in [0.29, 0.717) is 13.2 Å². The van der Waals surface area contributed by atoms with Gasteiger partial charge in [0.2, 0.25) is 0 Å². The van der Waals surface area contributed by atoms with Crippen LogP contribution in [0.4, 0.5) is 0 Å². The third-order valence-electron chi connectivity index (χ3n) is 5.48. The number of aromatic nitrogens is 1. The molecule has 0 fully saturated rings. The Hall–Kier alpha value is -3.14. The van der Waals surface area contributed by atoms with Gasteiger partial charge in [-0.15, -0.1) is 0 Å². The van der Waals surface area contributed by atoms with Gasteiger partial charge in [-0.3, -0.25) is 9.78 Å². The van der Waals surface area contributed by atoms with E-state index in [1.807, 2.05) is 47.4 Å². The fraction of sp³-hybridized carbons (Fsp3) is 0.280. The number of nitrogens with zero attached hydrogens (tertiary/aromatic N) is 2. The minimum absolute atomic E-state index is 0.0471. The number of fused-ring (bicyclic) bond motifs is 1. The first-order valence-corrected chi connectivity index (χ1v) is 10.2. The van der Waals surface area contributed by atoms with E-state index in [-0.39, 0.29) is 11.9 Å². The van der Waals surface area contributed by atoms with Crippen molar-refractivity contribution in [2.75, 3.05) is 6.61 Å². The molecular formula is C25H26N2O2. The van der Waals surface area contributed by atoms with Gasteiger partial charge in [-0.2, -0.15) is 0 Å². The molecule has 0 unspecified atom stereocenters. The first-order valence-electron chi connectivity index (χ1n) is 10.2. The summed E-state index contributed by atoms with van der Waals surface area (Å²) >= 11 is 0. The molecule has 1 atom stereocenters. The molecule has 0 N–H and O–H groups in total. The largest absolute Gasteiger partial charge is 0.493 e. The Bertz CT molecular complexity index is 957. The van der Waals surface area contributed by atoms with Gasteiger partial charge in [0.15, 0.2) is 0 Å². The minimum atomic E-state index is 0.0471. The van der Waals surface area contributed by atoms with Crippen LogP contribution in [0.1, 0.15) is 40.5 Å². The van der Waals surface area contributed by atoms with Crippen LogP contribution in [0.2, 0.25) is 0 Å². The van der Waals surface area contributed by atoms with Crippen molar-refractivity contribution in [2.24, 2.45) is 0 Å². The molecule has 4 heteroatoms. The monoisotopic (exact) mass is 386 g/mol. The average molecular weight is 386 g/mol. The third kappa shape index (κ3) is 4.65. The van der Waals surface area contributed by atoms with E-state index in [2.05, 4.69) is 36.2 Å². The smallest absolute Gasteiger partial charge is 0.254 e. The van der Waals surface area contributed by atoms with Crippen molar-refractivity contribution in [2.45, 2.75) is 38.8 Å². The van der Waals surface area contributed by atoms with Crippen LogP contribution in [0.5, 0.6) is 5.75 Å². The molecule has 2 aromatic carbocycles. The highest BCUT2D eigenvalue weighted by Crippen LogP contribution is 2.27. The highest BCUT2D eigenvalue weighted by Gasteiger charge is 2.24. The molecule has 1 aliphatic rings. The maximum absolute atomic E-state index is 13.5. The van der Waals surface area contributed by atoms with Gasteiger partial charge in [-0.05, 0) is 61.2 Å². The van der Waals surface area contributed by atoms with Gasteiger partial charge in [0.05, 0.1) is 18.8 Å². The van der Waals surface area contributed by atoms with Crippen LogP contribution in [0.15, 0.2) is 72.9 Å². The lowest BCUT2D eigenvalue weighted by Gasteiger charge is -2.29. The van der Waals surface area contributed by atoms with Crippen LogP contribution in [0.25, 0.3) is 0 Å². The topological polar surface area (TPSA) is 42.4 Å². The summed E-state index contributed by atoms with van der Waals surface area (Å²) in [6.07, 6.45) is 4.47. The predicted molar refractivity (Wildman–Crippen MR) is 114 cm³/mol. The molecule has 29 heavy (non-hydrogen) atoms. The quantitative estimate of drug-likeness (QED) is 0.592. The number of hydrogen-bond donors (Lipinski definition) is 0. The number of pyridine rings is 1. The molecule has 0 aliphatic carbocycles. The van der Waals surface area contributed by atoms with Crippen LogP contribution >= 0.6 is 0 Å². The van der Waals surface area contributed by atoms with Gasteiger partial charge in [0.25, 0.3) is 5.91 Å². The molecule has 0 saturated heterocycles. The molecule has 0 bridgehead atoms. The molecule has 2 heterocycles. The van der Waals surface area contributed by atoms with Gasteiger partial charge in [-0.1, -0.05) is 36.4 Å². The van der Waals surface area contributed by atoms with Crippen LogP contribution in [-0.4, -0.2) is 28.4 Å². The number of aryl methyl sites for hydroxylation is 1. The number of rotatable bonds is 7. The Morgan fingerprint density at radius 3 is 2.72 bits per heavy atom. The van der Waals surface area contributed by atoms with E-state index in [9.17, 15) is 4.79 Å². The summed E-state index contributed by atoms with van der Waals surface area (Å²) < 4.78 is 5.59. The zero-order chi connectivity index (χ0) is 20.1.